The Bertz CT molecular complexity index is 1460. The summed E-state index contributed by atoms with van der Waals surface area (Å²) < 4.78 is 52.4. The number of hydrogen-bond donors (Lipinski definition) is 2. The number of nitrogens with zero attached hydrogens (tertiary/aromatic N) is 4. The van der Waals surface area contributed by atoms with Crippen LogP contribution in [0.4, 0.5) is 13.2 Å². The SMILES string of the molecule is [N-]=[N+]=NCc1ccccc1C[C@@]1(C(=O)NCC(F)(F)F)N=C(c2ccc(OCCCO)cc2)O[C@@H]1c1ccc(Br)cc1. The van der Waals surface area contributed by atoms with Gasteiger partial charge in [-0.1, -0.05) is 57.4 Å². The molecular weight excluding hydrogens is 619 g/mol. The predicted molar refractivity (Wildman–Crippen MR) is 153 cm³/mol. The van der Waals surface area contributed by atoms with E-state index in [1.165, 1.54) is 0 Å². The number of carbonyl (C=O) groups excluding carboxylic acids is 1. The van der Waals surface area contributed by atoms with Gasteiger partial charge >= 0.3 is 6.18 Å². The molecule has 1 aliphatic heterocycles. The van der Waals surface area contributed by atoms with Crippen LogP contribution in [0.3, 0.4) is 0 Å². The minimum absolute atomic E-state index is 0.00927. The van der Waals surface area contributed by atoms with Gasteiger partial charge in [-0.05, 0) is 58.6 Å². The van der Waals surface area contributed by atoms with Crippen LogP contribution < -0.4 is 10.1 Å². The van der Waals surface area contributed by atoms with Gasteiger partial charge in [-0.15, -0.1) is 0 Å². The van der Waals surface area contributed by atoms with Gasteiger partial charge in [-0.2, -0.15) is 13.2 Å². The number of halogens is 4. The number of ether oxygens (including phenoxy) is 2. The number of carbonyl (C=O) groups is 1. The van der Waals surface area contributed by atoms with Crippen molar-refractivity contribution in [3.63, 3.8) is 0 Å². The minimum Gasteiger partial charge on any atom is -0.494 e. The molecular formula is C29H27BrF3N5O4. The van der Waals surface area contributed by atoms with Crippen LogP contribution >= 0.6 is 15.9 Å². The molecule has 0 unspecified atom stereocenters. The van der Waals surface area contributed by atoms with Crippen LogP contribution in [0.5, 0.6) is 5.75 Å². The summed E-state index contributed by atoms with van der Waals surface area (Å²) in [6.07, 6.45) is -5.42. The number of alkyl halides is 3. The van der Waals surface area contributed by atoms with Crippen molar-refractivity contribution < 1.29 is 32.5 Å². The lowest BCUT2D eigenvalue weighted by Gasteiger charge is -2.31. The molecule has 220 valence electrons. The average Bonchev–Trinajstić information content (AvgIpc) is 3.36. The van der Waals surface area contributed by atoms with E-state index in [0.29, 0.717) is 41.0 Å². The molecule has 9 nitrogen and oxygen atoms in total. The third kappa shape index (κ3) is 7.61. The van der Waals surface area contributed by atoms with Gasteiger partial charge in [0, 0.05) is 34.4 Å². The molecule has 13 heteroatoms. The second-order valence-electron chi connectivity index (χ2n) is 9.47. The van der Waals surface area contributed by atoms with Gasteiger partial charge in [-0.3, -0.25) is 4.79 Å². The monoisotopic (exact) mass is 645 g/mol. The summed E-state index contributed by atoms with van der Waals surface area (Å²) in [5.74, 6) is -0.360. The van der Waals surface area contributed by atoms with Crippen molar-refractivity contribution in [1.29, 1.82) is 0 Å². The molecule has 2 N–H and O–H groups in total. The van der Waals surface area contributed by atoms with Gasteiger partial charge in [0.2, 0.25) is 5.90 Å². The van der Waals surface area contributed by atoms with Crippen LogP contribution in [-0.2, 0) is 22.5 Å². The second-order valence-corrected chi connectivity index (χ2v) is 10.4. The molecule has 0 saturated heterocycles. The summed E-state index contributed by atoms with van der Waals surface area (Å²) in [6, 6.07) is 20.5. The van der Waals surface area contributed by atoms with Crippen molar-refractivity contribution in [3.05, 3.63) is 110 Å². The number of amides is 1. The zero-order valence-corrected chi connectivity index (χ0v) is 23.8. The molecule has 0 fully saturated rings. The Kier molecular flexibility index (Phi) is 10.1. The number of hydrogen-bond acceptors (Lipinski definition) is 6. The van der Waals surface area contributed by atoms with Crippen molar-refractivity contribution in [2.45, 2.75) is 37.2 Å². The Morgan fingerprint density at radius 1 is 1.12 bits per heavy atom. The van der Waals surface area contributed by atoms with Crippen LogP contribution in [0.2, 0.25) is 0 Å². The molecule has 0 aliphatic carbocycles. The van der Waals surface area contributed by atoms with E-state index >= 15 is 0 Å². The Morgan fingerprint density at radius 2 is 1.81 bits per heavy atom. The highest BCUT2D eigenvalue weighted by atomic mass is 79.9. The van der Waals surface area contributed by atoms with Crippen molar-refractivity contribution >= 4 is 27.7 Å². The number of aliphatic hydroxyl groups excluding tert-OH is 1. The quantitative estimate of drug-likeness (QED) is 0.105. The summed E-state index contributed by atoms with van der Waals surface area (Å²) in [4.78, 5) is 21.4. The maximum Gasteiger partial charge on any atom is 0.405 e. The standard InChI is InChI=1S/C29H27BrF3N5O4/c30-23-10-6-19(7-11-23)25-28(27(40)35-18-29(31,32)33,16-21-4-1-2-5-22(21)17-36-38-34)37-26(42-25)20-8-12-24(13-9-20)41-15-3-14-39/h1-2,4-13,25,39H,3,14-18H2,(H,35,40)/t25-,28-/m1/s1. The Morgan fingerprint density at radius 3 is 2.45 bits per heavy atom. The van der Waals surface area contributed by atoms with Crippen LogP contribution in [0.25, 0.3) is 10.4 Å². The van der Waals surface area contributed by atoms with E-state index in [-0.39, 0.29) is 25.5 Å². The molecule has 0 saturated carbocycles. The average molecular weight is 646 g/mol. The zero-order valence-electron chi connectivity index (χ0n) is 22.2. The molecule has 0 aromatic heterocycles. The number of azide groups is 1. The summed E-state index contributed by atoms with van der Waals surface area (Å²) in [7, 11) is 0. The van der Waals surface area contributed by atoms with Gasteiger partial charge in [0.05, 0.1) is 13.2 Å². The summed E-state index contributed by atoms with van der Waals surface area (Å²) in [6.45, 7) is -1.27. The van der Waals surface area contributed by atoms with Gasteiger partial charge in [0.1, 0.15) is 12.3 Å². The lowest BCUT2D eigenvalue weighted by atomic mass is 9.81. The number of benzene rings is 3. The van der Waals surface area contributed by atoms with Gasteiger partial charge in [0.15, 0.2) is 11.6 Å². The smallest absolute Gasteiger partial charge is 0.405 e. The largest absolute Gasteiger partial charge is 0.494 e. The number of aliphatic hydroxyl groups is 1. The Labute approximate surface area is 248 Å². The molecule has 3 aromatic rings. The molecule has 0 spiro atoms. The number of nitrogens with one attached hydrogen (secondary N) is 1. The van der Waals surface area contributed by atoms with E-state index in [9.17, 15) is 18.0 Å². The molecule has 42 heavy (non-hydrogen) atoms. The third-order valence-electron chi connectivity index (χ3n) is 6.53. The molecule has 1 amide bonds. The van der Waals surface area contributed by atoms with Gasteiger partial charge < -0.3 is 19.9 Å². The highest BCUT2D eigenvalue weighted by Crippen LogP contribution is 2.43. The Hall–Kier alpha value is -4.06. The lowest BCUT2D eigenvalue weighted by molar-refractivity contribution is -0.143. The molecule has 3 aromatic carbocycles. The maximum atomic E-state index is 13.8. The number of rotatable bonds is 12. The Balaban J connectivity index is 1.82. The first-order valence-corrected chi connectivity index (χ1v) is 13.7. The van der Waals surface area contributed by atoms with E-state index in [2.05, 4.69) is 26.0 Å². The van der Waals surface area contributed by atoms with Gasteiger partial charge in [0.25, 0.3) is 5.91 Å². The minimum atomic E-state index is -4.65. The van der Waals surface area contributed by atoms with Crippen molar-refractivity contribution in [3.8, 4) is 5.75 Å². The van der Waals surface area contributed by atoms with Crippen LogP contribution in [0.15, 0.2) is 87.4 Å². The van der Waals surface area contributed by atoms with Crippen molar-refractivity contribution in [1.82, 2.24) is 5.32 Å². The van der Waals surface area contributed by atoms with Crippen LogP contribution in [0.1, 0.15) is 34.8 Å². The molecule has 0 radical (unpaired) electrons. The topological polar surface area (TPSA) is 129 Å². The van der Waals surface area contributed by atoms with E-state index < -0.39 is 30.3 Å². The highest BCUT2D eigenvalue weighted by molar-refractivity contribution is 9.10. The lowest BCUT2D eigenvalue weighted by Crippen LogP contribution is -2.52. The number of aliphatic imine (C=N–C) groups is 1. The van der Waals surface area contributed by atoms with E-state index in [1.807, 2.05) is 5.32 Å². The van der Waals surface area contributed by atoms with E-state index in [4.69, 9.17) is 25.1 Å². The highest BCUT2D eigenvalue weighted by Gasteiger charge is 2.54. The first-order chi connectivity index (χ1) is 20.1. The molecule has 1 aliphatic rings. The van der Waals surface area contributed by atoms with E-state index in [0.717, 1.165) is 4.47 Å². The zero-order chi connectivity index (χ0) is 30.2. The summed E-state index contributed by atoms with van der Waals surface area (Å²) in [5, 5.41) is 14.6. The molecule has 4 rings (SSSR count). The summed E-state index contributed by atoms with van der Waals surface area (Å²) in [5.41, 5.74) is 9.19. The fourth-order valence-electron chi connectivity index (χ4n) is 4.54. The molecule has 0 bridgehead atoms. The normalized spacial score (nSPS) is 18.0. The summed E-state index contributed by atoms with van der Waals surface area (Å²) >= 11 is 3.38. The molecule has 2 atom stereocenters. The fourth-order valence-corrected chi connectivity index (χ4v) is 4.80. The maximum absolute atomic E-state index is 13.8. The first-order valence-electron chi connectivity index (χ1n) is 12.9. The van der Waals surface area contributed by atoms with Crippen molar-refractivity contribution in [2.24, 2.45) is 10.1 Å². The van der Waals surface area contributed by atoms with Gasteiger partial charge in [-0.25, -0.2) is 4.99 Å². The fraction of sp³-hybridized carbons (Fsp3) is 0.310. The second kappa shape index (κ2) is 13.7. The molecule has 1 heterocycles. The third-order valence-corrected chi connectivity index (χ3v) is 7.06. The van der Waals surface area contributed by atoms with Crippen molar-refractivity contribution in [2.75, 3.05) is 19.8 Å². The predicted octanol–water partition coefficient (Wildman–Crippen LogP) is 6.20. The van der Waals surface area contributed by atoms with Crippen LogP contribution in [0, 0.1) is 0 Å². The first kappa shape index (κ1) is 30.9. The van der Waals surface area contributed by atoms with Crippen LogP contribution in [-0.4, -0.2) is 48.4 Å². The van der Waals surface area contributed by atoms with E-state index in [1.54, 1.807) is 72.8 Å².